The van der Waals surface area contributed by atoms with Gasteiger partial charge in [0.05, 0.1) is 36.7 Å². The minimum Gasteiger partial charge on any atom is -0.481 e. The van der Waals surface area contributed by atoms with E-state index in [-0.39, 0.29) is 55.3 Å². The van der Waals surface area contributed by atoms with Crippen LogP contribution in [0.1, 0.15) is 49.4 Å². The first kappa shape index (κ1) is 33.3. The minimum absolute atomic E-state index is 0.0204. The fourth-order valence-corrected chi connectivity index (χ4v) is 6.73. The monoisotopic (exact) mass is 663 g/mol. The number of primary amides is 1. The van der Waals surface area contributed by atoms with Gasteiger partial charge in [0.2, 0.25) is 0 Å². The number of alkyl halides is 2. The average Bonchev–Trinajstić information content (AvgIpc) is 3.71. The maximum atomic E-state index is 15.9. The standard InChI is InChI=1S/C30H36F3N7O5S/c1-5-45-26(41)21-19(36-24(25-35-10-12-46-25)37-22(21)17-7-6-8-18(31)16(17)2)13-38-15-30(32,33)23-20(38)14-40(28(34)44)39(23)11-9-29(3,4)27(42)43/h6-8,10,12,20,22-23H,5,9,11,13-15H2,1-4H3,(H2,34,44)(H,36,37)(H,42,43)/t20?,22-,23?/m0/s1. The van der Waals surface area contributed by atoms with E-state index in [2.05, 4.69) is 10.3 Å². The Kier molecular flexibility index (Phi) is 9.16. The molecule has 1 aromatic carbocycles. The second-order valence-electron chi connectivity index (χ2n) is 12.1. The fourth-order valence-electron chi connectivity index (χ4n) is 6.14. The summed E-state index contributed by atoms with van der Waals surface area (Å²) in [7, 11) is 0. The molecular formula is C30H36F3N7O5S. The number of urea groups is 1. The molecule has 3 aliphatic heterocycles. The van der Waals surface area contributed by atoms with Crippen molar-refractivity contribution >= 4 is 35.1 Å². The van der Waals surface area contributed by atoms with Gasteiger partial charge < -0.3 is 20.9 Å². The molecule has 0 saturated carbocycles. The number of aromatic nitrogens is 1. The Labute approximate surface area is 267 Å². The number of likely N-dealkylation sites (tertiary alicyclic amines) is 1. The van der Waals surface area contributed by atoms with Crippen LogP contribution in [0.4, 0.5) is 18.0 Å². The van der Waals surface area contributed by atoms with Crippen molar-refractivity contribution in [2.45, 2.75) is 58.2 Å². The number of carbonyl (C=O) groups excluding carboxylic acids is 2. The minimum atomic E-state index is -3.34. The normalized spacial score (nSPS) is 23.2. The molecule has 0 radical (unpaired) electrons. The van der Waals surface area contributed by atoms with E-state index in [9.17, 15) is 23.9 Å². The number of nitrogens with two attached hydrogens (primary N) is 1. The van der Waals surface area contributed by atoms with Crippen molar-refractivity contribution in [2.75, 3.05) is 32.8 Å². The van der Waals surface area contributed by atoms with Crippen molar-refractivity contribution in [3.63, 3.8) is 0 Å². The Bertz CT molecular complexity index is 1580. The largest absolute Gasteiger partial charge is 0.481 e. The molecule has 3 atom stereocenters. The first-order valence-electron chi connectivity index (χ1n) is 14.7. The molecule has 2 amide bonds. The zero-order chi connectivity index (χ0) is 33.6. The first-order valence-corrected chi connectivity index (χ1v) is 15.6. The van der Waals surface area contributed by atoms with Gasteiger partial charge in [-0.15, -0.1) is 11.3 Å². The molecule has 0 aliphatic carbocycles. The summed E-state index contributed by atoms with van der Waals surface area (Å²) in [6.07, 6.45) is 1.55. The smallest absolute Gasteiger partial charge is 0.338 e. The van der Waals surface area contributed by atoms with Gasteiger partial charge in [0.25, 0.3) is 5.92 Å². The highest BCUT2D eigenvalue weighted by atomic mass is 32.1. The van der Waals surface area contributed by atoms with Gasteiger partial charge in [-0.1, -0.05) is 12.1 Å². The molecule has 4 heterocycles. The lowest BCUT2D eigenvalue weighted by Crippen LogP contribution is -2.53. The number of carboxylic acid groups (broad SMARTS) is 1. The van der Waals surface area contributed by atoms with Gasteiger partial charge in [-0.25, -0.2) is 32.8 Å². The summed E-state index contributed by atoms with van der Waals surface area (Å²) < 4.78 is 52.0. The average molecular weight is 664 g/mol. The van der Waals surface area contributed by atoms with Crippen LogP contribution in [0, 0.1) is 18.2 Å². The lowest BCUT2D eigenvalue weighted by Gasteiger charge is -2.34. The number of halogens is 3. The molecule has 12 nitrogen and oxygen atoms in total. The number of fused-ring (bicyclic) bond motifs is 1. The van der Waals surface area contributed by atoms with Gasteiger partial charge >= 0.3 is 18.0 Å². The number of benzene rings is 1. The number of hydrazine groups is 1. The Hall–Kier alpha value is -4.02. The molecule has 248 valence electrons. The van der Waals surface area contributed by atoms with Crippen LogP contribution in [-0.4, -0.2) is 99.6 Å². The number of hydrogen-bond donors (Lipinski definition) is 3. The topological polar surface area (TPSA) is 154 Å². The van der Waals surface area contributed by atoms with Gasteiger partial charge in [-0.3, -0.25) is 19.7 Å². The highest BCUT2D eigenvalue weighted by Gasteiger charge is 2.62. The zero-order valence-electron chi connectivity index (χ0n) is 25.8. The highest BCUT2D eigenvalue weighted by molar-refractivity contribution is 7.11. The highest BCUT2D eigenvalue weighted by Crippen LogP contribution is 2.43. The Morgan fingerprint density at radius 1 is 1.28 bits per heavy atom. The maximum absolute atomic E-state index is 15.9. The van der Waals surface area contributed by atoms with Crippen molar-refractivity contribution in [2.24, 2.45) is 16.1 Å². The van der Waals surface area contributed by atoms with Crippen LogP contribution in [0.3, 0.4) is 0 Å². The van der Waals surface area contributed by atoms with Gasteiger partial charge in [-0.2, -0.15) is 0 Å². The number of thiazole rings is 1. The lowest BCUT2D eigenvalue weighted by molar-refractivity contribution is -0.148. The van der Waals surface area contributed by atoms with Crippen LogP contribution in [-0.2, 0) is 14.3 Å². The quantitative estimate of drug-likeness (QED) is 0.325. The van der Waals surface area contributed by atoms with E-state index >= 15 is 8.78 Å². The molecule has 2 unspecified atom stereocenters. The Morgan fingerprint density at radius 3 is 2.65 bits per heavy atom. The van der Waals surface area contributed by atoms with E-state index in [4.69, 9.17) is 15.5 Å². The number of nitrogens with one attached hydrogen (secondary N) is 1. The van der Waals surface area contributed by atoms with Crippen LogP contribution in [0.25, 0.3) is 0 Å². The van der Waals surface area contributed by atoms with Crippen LogP contribution in [0.2, 0.25) is 0 Å². The first-order chi connectivity index (χ1) is 21.7. The lowest BCUT2D eigenvalue weighted by atomic mass is 9.89. The number of carbonyl (C=O) groups is 3. The molecule has 46 heavy (non-hydrogen) atoms. The van der Waals surface area contributed by atoms with Crippen molar-refractivity contribution in [1.82, 2.24) is 25.2 Å². The number of nitrogens with zero attached hydrogens (tertiary/aromatic N) is 5. The summed E-state index contributed by atoms with van der Waals surface area (Å²) in [6, 6.07) is 0.0404. The SMILES string of the molecule is CCOC(=O)C1=C(CN2CC(F)(F)C3C2CN(C(N)=O)N3CCC(C)(C)C(=O)O)NC(c2nccs2)=N[C@H]1c1cccc(F)c1C. The molecule has 4 N–H and O–H groups in total. The summed E-state index contributed by atoms with van der Waals surface area (Å²) >= 11 is 1.27. The second-order valence-corrected chi connectivity index (χ2v) is 13.0. The predicted molar refractivity (Wildman–Crippen MR) is 162 cm³/mol. The van der Waals surface area contributed by atoms with E-state index in [0.717, 1.165) is 5.01 Å². The van der Waals surface area contributed by atoms with Crippen molar-refractivity contribution in [1.29, 1.82) is 0 Å². The molecule has 2 fully saturated rings. The van der Waals surface area contributed by atoms with Gasteiger partial charge in [-0.05, 0) is 51.3 Å². The van der Waals surface area contributed by atoms with Gasteiger partial charge in [0.1, 0.15) is 17.9 Å². The summed E-state index contributed by atoms with van der Waals surface area (Å²) in [6.45, 7) is 4.92. The number of esters is 1. The predicted octanol–water partition coefficient (Wildman–Crippen LogP) is 3.30. The Morgan fingerprint density at radius 2 is 2.02 bits per heavy atom. The number of amides is 2. The molecule has 3 aliphatic rings. The zero-order valence-corrected chi connectivity index (χ0v) is 26.6. The van der Waals surface area contributed by atoms with Crippen LogP contribution in [0.5, 0.6) is 0 Å². The van der Waals surface area contributed by atoms with E-state index in [1.54, 1.807) is 31.5 Å². The number of aliphatic carboxylic acids is 1. The summed E-state index contributed by atoms with van der Waals surface area (Å²) in [5.74, 6) is -5.41. The molecule has 0 bridgehead atoms. The number of carboxylic acids is 1. The molecule has 2 aromatic rings. The third kappa shape index (κ3) is 6.20. The molecular weight excluding hydrogens is 627 g/mol. The number of aliphatic imine (C=N–C) groups is 1. The van der Waals surface area contributed by atoms with Crippen molar-refractivity contribution in [3.8, 4) is 0 Å². The summed E-state index contributed by atoms with van der Waals surface area (Å²) in [5, 5.41) is 17.1. The summed E-state index contributed by atoms with van der Waals surface area (Å²) in [4.78, 5) is 48.2. The van der Waals surface area contributed by atoms with Crippen LogP contribution < -0.4 is 11.1 Å². The van der Waals surface area contributed by atoms with E-state index in [0.29, 0.717) is 10.6 Å². The molecule has 5 rings (SSSR count). The molecule has 16 heteroatoms. The number of amidine groups is 1. The number of ether oxygens (including phenoxy) is 1. The third-order valence-corrected chi connectivity index (χ3v) is 9.47. The van der Waals surface area contributed by atoms with E-state index < -0.39 is 59.8 Å². The van der Waals surface area contributed by atoms with Crippen molar-refractivity contribution in [3.05, 3.63) is 63.0 Å². The Balaban J connectivity index is 1.56. The molecule has 2 saturated heterocycles. The number of hydrogen-bond acceptors (Lipinski definition) is 10. The summed E-state index contributed by atoms with van der Waals surface area (Å²) in [5.41, 5.74) is 5.29. The molecule has 0 spiro atoms. The van der Waals surface area contributed by atoms with Crippen LogP contribution in [0.15, 0.2) is 46.0 Å². The fraction of sp³-hybridized carbons (Fsp3) is 0.500. The van der Waals surface area contributed by atoms with Gasteiger partial charge in [0, 0.05) is 30.4 Å². The third-order valence-electron chi connectivity index (χ3n) is 8.69. The van der Waals surface area contributed by atoms with E-state index in [1.807, 2.05) is 0 Å². The second kappa shape index (κ2) is 12.6. The maximum Gasteiger partial charge on any atom is 0.338 e. The molecule has 1 aromatic heterocycles. The number of rotatable bonds is 10. The van der Waals surface area contributed by atoms with Crippen LogP contribution >= 0.6 is 11.3 Å². The van der Waals surface area contributed by atoms with E-state index in [1.165, 1.54) is 47.2 Å². The van der Waals surface area contributed by atoms with Gasteiger partial charge in [0.15, 0.2) is 10.8 Å². The van der Waals surface area contributed by atoms with Crippen molar-refractivity contribution < 1.29 is 37.4 Å².